The number of nitrogens with two attached hydrogens (primary N) is 2. The van der Waals surface area contributed by atoms with E-state index in [0.29, 0.717) is 27.5 Å². The van der Waals surface area contributed by atoms with E-state index in [0.717, 1.165) is 23.8 Å². The van der Waals surface area contributed by atoms with Crippen LogP contribution >= 0.6 is 23.4 Å². The first-order chi connectivity index (χ1) is 10.5. The standard InChI is InChI=1S/C15H18ClN5S/c1-9-5-6-21(8-9)12-7-19-15(14(18)20-12)22-11-4-2-3-10(17)13(11)16/h2-4,7,9H,5-6,8,17H2,1H3,(H2,18,20). The number of nitrogen functional groups attached to an aromatic ring is 2. The Morgan fingerprint density at radius 2 is 2.18 bits per heavy atom. The average molecular weight is 336 g/mol. The number of benzene rings is 1. The molecule has 3 rings (SSSR count). The van der Waals surface area contributed by atoms with Gasteiger partial charge in [-0.15, -0.1) is 0 Å². The number of halogens is 1. The molecular weight excluding hydrogens is 318 g/mol. The molecule has 1 aliphatic heterocycles. The summed E-state index contributed by atoms with van der Waals surface area (Å²) in [6, 6.07) is 5.51. The second kappa shape index (κ2) is 6.22. The van der Waals surface area contributed by atoms with Crippen molar-refractivity contribution in [1.29, 1.82) is 0 Å². The van der Waals surface area contributed by atoms with Crippen LogP contribution in [-0.4, -0.2) is 23.1 Å². The minimum Gasteiger partial charge on any atom is -0.397 e. The Bertz CT molecular complexity index is 694. The molecule has 7 heteroatoms. The summed E-state index contributed by atoms with van der Waals surface area (Å²) in [5, 5.41) is 1.16. The molecule has 1 aliphatic rings. The maximum absolute atomic E-state index is 6.20. The normalized spacial score (nSPS) is 17.9. The summed E-state index contributed by atoms with van der Waals surface area (Å²) < 4.78 is 0. The van der Waals surface area contributed by atoms with Gasteiger partial charge in [0, 0.05) is 18.0 Å². The fourth-order valence-corrected chi connectivity index (χ4v) is 3.53. The number of aromatic nitrogens is 2. The highest BCUT2D eigenvalue weighted by atomic mass is 35.5. The average Bonchev–Trinajstić information content (AvgIpc) is 2.92. The lowest BCUT2D eigenvalue weighted by Crippen LogP contribution is -2.21. The highest BCUT2D eigenvalue weighted by Crippen LogP contribution is 2.37. The van der Waals surface area contributed by atoms with Crippen LogP contribution in [0.1, 0.15) is 13.3 Å². The lowest BCUT2D eigenvalue weighted by molar-refractivity contribution is 0.658. The molecule has 0 aliphatic carbocycles. The molecule has 2 aromatic rings. The summed E-state index contributed by atoms with van der Waals surface area (Å²) in [6.45, 7) is 4.24. The summed E-state index contributed by atoms with van der Waals surface area (Å²) in [4.78, 5) is 12.0. The quantitative estimate of drug-likeness (QED) is 0.838. The Morgan fingerprint density at radius 1 is 1.36 bits per heavy atom. The van der Waals surface area contributed by atoms with Gasteiger partial charge in [0.25, 0.3) is 0 Å². The van der Waals surface area contributed by atoms with Crippen LogP contribution in [0.4, 0.5) is 17.3 Å². The van der Waals surface area contributed by atoms with Crippen LogP contribution in [0.5, 0.6) is 0 Å². The van der Waals surface area contributed by atoms with E-state index in [2.05, 4.69) is 21.8 Å². The predicted molar refractivity (Wildman–Crippen MR) is 92.4 cm³/mol. The summed E-state index contributed by atoms with van der Waals surface area (Å²) in [5.41, 5.74) is 12.4. The van der Waals surface area contributed by atoms with Crippen LogP contribution in [-0.2, 0) is 0 Å². The van der Waals surface area contributed by atoms with Crippen molar-refractivity contribution in [3.63, 3.8) is 0 Å². The van der Waals surface area contributed by atoms with Crippen molar-refractivity contribution in [3.05, 3.63) is 29.4 Å². The summed E-state index contributed by atoms with van der Waals surface area (Å²) in [6.07, 6.45) is 2.95. The molecular formula is C15H18ClN5S. The van der Waals surface area contributed by atoms with Crippen molar-refractivity contribution in [1.82, 2.24) is 9.97 Å². The van der Waals surface area contributed by atoms with Gasteiger partial charge in [0.05, 0.1) is 16.9 Å². The predicted octanol–water partition coefficient (Wildman–Crippen LogP) is 3.29. The van der Waals surface area contributed by atoms with Gasteiger partial charge in [-0.25, -0.2) is 9.97 Å². The van der Waals surface area contributed by atoms with Crippen LogP contribution in [0.25, 0.3) is 0 Å². The van der Waals surface area contributed by atoms with Gasteiger partial charge < -0.3 is 16.4 Å². The van der Waals surface area contributed by atoms with Crippen molar-refractivity contribution in [2.75, 3.05) is 29.5 Å². The summed E-state index contributed by atoms with van der Waals surface area (Å²) in [7, 11) is 0. The van der Waals surface area contributed by atoms with E-state index in [4.69, 9.17) is 23.1 Å². The van der Waals surface area contributed by atoms with Gasteiger partial charge in [-0.1, -0.05) is 36.4 Å². The van der Waals surface area contributed by atoms with E-state index in [1.165, 1.54) is 18.2 Å². The Balaban J connectivity index is 1.82. The maximum atomic E-state index is 6.20. The molecule has 1 atom stereocenters. The van der Waals surface area contributed by atoms with E-state index in [1.807, 2.05) is 12.1 Å². The fourth-order valence-electron chi connectivity index (χ4n) is 2.47. The lowest BCUT2D eigenvalue weighted by atomic mass is 10.2. The second-order valence-electron chi connectivity index (χ2n) is 5.52. The SMILES string of the molecule is CC1CCN(c2cnc(Sc3cccc(N)c3Cl)c(N)n2)C1. The second-order valence-corrected chi connectivity index (χ2v) is 6.93. The molecule has 0 saturated carbocycles. The minimum atomic E-state index is 0.417. The third kappa shape index (κ3) is 3.08. The molecule has 2 heterocycles. The summed E-state index contributed by atoms with van der Waals surface area (Å²) in [5.74, 6) is 1.94. The van der Waals surface area contributed by atoms with E-state index < -0.39 is 0 Å². The molecule has 1 fully saturated rings. The molecule has 0 radical (unpaired) electrons. The molecule has 1 unspecified atom stereocenters. The molecule has 0 amide bonds. The van der Waals surface area contributed by atoms with Gasteiger partial charge in [0.2, 0.25) is 0 Å². The van der Waals surface area contributed by atoms with Crippen LogP contribution in [0.3, 0.4) is 0 Å². The van der Waals surface area contributed by atoms with Crippen molar-refractivity contribution >= 4 is 40.7 Å². The van der Waals surface area contributed by atoms with E-state index in [1.54, 1.807) is 12.3 Å². The number of anilines is 3. The van der Waals surface area contributed by atoms with Crippen LogP contribution < -0.4 is 16.4 Å². The largest absolute Gasteiger partial charge is 0.397 e. The fraction of sp³-hybridized carbons (Fsp3) is 0.333. The van der Waals surface area contributed by atoms with Crippen LogP contribution in [0.15, 0.2) is 34.3 Å². The number of nitrogens with zero attached hydrogens (tertiary/aromatic N) is 3. The van der Waals surface area contributed by atoms with Gasteiger partial charge in [-0.2, -0.15) is 0 Å². The van der Waals surface area contributed by atoms with Crippen molar-refractivity contribution < 1.29 is 0 Å². The Labute approximate surface area is 139 Å². The monoisotopic (exact) mass is 335 g/mol. The van der Waals surface area contributed by atoms with E-state index >= 15 is 0 Å². The Hall–Kier alpha value is -1.66. The molecule has 22 heavy (non-hydrogen) atoms. The zero-order valence-corrected chi connectivity index (χ0v) is 13.9. The molecule has 1 aromatic carbocycles. The van der Waals surface area contributed by atoms with Gasteiger partial charge in [-0.3, -0.25) is 0 Å². The lowest BCUT2D eigenvalue weighted by Gasteiger charge is -2.17. The van der Waals surface area contributed by atoms with E-state index in [-0.39, 0.29) is 0 Å². The molecule has 0 spiro atoms. The molecule has 1 aromatic heterocycles. The first-order valence-electron chi connectivity index (χ1n) is 7.14. The van der Waals surface area contributed by atoms with Crippen LogP contribution in [0.2, 0.25) is 5.02 Å². The highest BCUT2D eigenvalue weighted by molar-refractivity contribution is 7.99. The third-order valence-electron chi connectivity index (χ3n) is 3.70. The third-order valence-corrected chi connectivity index (χ3v) is 5.30. The topological polar surface area (TPSA) is 81.1 Å². The van der Waals surface area contributed by atoms with Gasteiger partial charge in [0.15, 0.2) is 5.82 Å². The van der Waals surface area contributed by atoms with E-state index in [9.17, 15) is 0 Å². The van der Waals surface area contributed by atoms with Crippen molar-refractivity contribution in [3.8, 4) is 0 Å². The Kier molecular flexibility index (Phi) is 4.31. The number of hydrogen-bond acceptors (Lipinski definition) is 6. The molecule has 5 nitrogen and oxygen atoms in total. The Morgan fingerprint density at radius 3 is 2.86 bits per heavy atom. The van der Waals surface area contributed by atoms with Crippen molar-refractivity contribution in [2.45, 2.75) is 23.3 Å². The minimum absolute atomic E-state index is 0.417. The number of hydrogen-bond donors (Lipinski definition) is 2. The first-order valence-corrected chi connectivity index (χ1v) is 8.33. The first kappa shape index (κ1) is 15.2. The highest BCUT2D eigenvalue weighted by Gasteiger charge is 2.21. The summed E-state index contributed by atoms with van der Waals surface area (Å²) >= 11 is 7.58. The smallest absolute Gasteiger partial charge is 0.158 e. The maximum Gasteiger partial charge on any atom is 0.158 e. The van der Waals surface area contributed by atoms with Gasteiger partial charge in [-0.05, 0) is 24.5 Å². The number of rotatable bonds is 3. The van der Waals surface area contributed by atoms with Gasteiger partial charge in [0.1, 0.15) is 10.8 Å². The zero-order valence-electron chi connectivity index (χ0n) is 12.3. The zero-order chi connectivity index (χ0) is 15.7. The molecule has 0 bridgehead atoms. The molecule has 116 valence electrons. The van der Waals surface area contributed by atoms with Crippen molar-refractivity contribution in [2.24, 2.45) is 5.92 Å². The molecule has 4 N–H and O–H groups in total. The van der Waals surface area contributed by atoms with Gasteiger partial charge >= 0.3 is 0 Å². The molecule has 1 saturated heterocycles. The van der Waals surface area contributed by atoms with Crippen LogP contribution in [0, 0.1) is 5.92 Å².